The highest BCUT2D eigenvalue weighted by Crippen LogP contribution is 2.28. The van der Waals surface area contributed by atoms with Gasteiger partial charge >= 0.3 is 5.97 Å². The molecule has 1 N–H and O–H groups in total. The van der Waals surface area contributed by atoms with Crippen LogP contribution in [0.3, 0.4) is 0 Å². The van der Waals surface area contributed by atoms with Crippen LogP contribution in [-0.2, 0) is 4.74 Å². The minimum absolute atomic E-state index is 0.0237. The zero-order valence-electron chi connectivity index (χ0n) is 14.6. The van der Waals surface area contributed by atoms with Crippen LogP contribution in [0.2, 0.25) is 0 Å². The lowest BCUT2D eigenvalue weighted by Gasteiger charge is -2.14. The van der Waals surface area contributed by atoms with Gasteiger partial charge < -0.3 is 14.6 Å². The number of nitrogens with zero attached hydrogens (tertiary/aromatic N) is 3. The lowest BCUT2D eigenvalue weighted by Crippen LogP contribution is -2.06. The summed E-state index contributed by atoms with van der Waals surface area (Å²) in [6.07, 6.45) is 0. The van der Waals surface area contributed by atoms with Gasteiger partial charge in [0.2, 0.25) is 5.95 Å². The van der Waals surface area contributed by atoms with Crippen molar-refractivity contribution in [3.05, 3.63) is 58.1 Å². The Morgan fingerprint density at radius 2 is 1.92 bits per heavy atom. The van der Waals surface area contributed by atoms with Crippen LogP contribution in [-0.4, -0.2) is 27.6 Å². The predicted molar refractivity (Wildman–Crippen MR) is 97.8 cm³/mol. The maximum Gasteiger partial charge on any atom is 0.337 e. The van der Waals surface area contributed by atoms with Crippen LogP contribution < -0.4 is 5.32 Å². The van der Waals surface area contributed by atoms with Crippen molar-refractivity contribution in [2.75, 3.05) is 12.4 Å². The van der Waals surface area contributed by atoms with Crippen molar-refractivity contribution < 1.29 is 14.5 Å². The fourth-order valence-electron chi connectivity index (χ4n) is 2.75. The largest absolute Gasteiger partial charge is 0.465 e. The van der Waals surface area contributed by atoms with E-state index < -0.39 is 10.9 Å². The molecule has 0 fully saturated rings. The first-order valence-electron chi connectivity index (χ1n) is 8.02. The highest BCUT2D eigenvalue weighted by Gasteiger charge is 2.16. The second-order valence-corrected chi connectivity index (χ2v) is 6.02. The van der Waals surface area contributed by atoms with Gasteiger partial charge in [-0.25, -0.2) is 9.78 Å². The molecule has 1 heterocycles. The van der Waals surface area contributed by atoms with Crippen molar-refractivity contribution in [1.29, 1.82) is 0 Å². The molecule has 0 aliphatic heterocycles. The number of nitro groups is 1. The van der Waals surface area contributed by atoms with Gasteiger partial charge in [0.25, 0.3) is 5.69 Å². The first-order valence-corrected chi connectivity index (χ1v) is 8.02. The number of benzene rings is 2. The number of ether oxygens (including phenoxy) is 1. The quantitative estimate of drug-likeness (QED) is 0.421. The van der Waals surface area contributed by atoms with Gasteiger partial charge in [-0.2, -0.15) is 0 Å². The fourth-order valence-corrected chi connectivity index (χ4v) is 2.75. The zero-order valence-corrected chi connectivity index (χ0v) is 14.6. The van der Waals surface area contributed by atoms with Gasteiger partial charge in [-0.3, -0.25) is 10.1 Å². The molecule has 0 aliphatic rings. The Labute approximate surface area is 149 Å². The molecule has 0 spiro atoms. The van der Waals surface area contributed by atoms with Gasteiger partial charge in [0.15, 0.2) is 0 Å². The molecule has 2 aromatic carbocycles. The normalized spacial score (nSPS) is 10.9. The third-order valence-corrected chi connectivity index (χ3v) is 3.96. The van der Waals surface area contributed by atoms with E-state index in [-0.39, 0.29) is 11.7 Å². The van der Waals surface area contributed by atoms with Gasteiger partial charge in [-0.05, 0) is 44.2 Å². The van der Waals surface area contributed by atoms with Gasteiger partial charge in [0.1, 0.15) is 0 Å². The summed E-state index contributed by atoms with van der Waals surface area (Å²) in [5.74, 6) is 0.168. The SMILES string of the molecule is COC(=O)c1ccc2c(c1)nc(Nc1ccc([N+](=O)[O-])cc1)n2C(C)C. The maximum absolute atomic E-state index is 11.7. The molecule has 26 heavy (non-hydrogen) atoms. The molecule has 0 atom stereocenters. The number of methoxy groups -OCH3 is 1. The highest BCUT2D eigenvalue weighted by atomic mass is 16.6. The molecule has 0 radical (unpaired) electrons. The Hall–Kier alpha value is -3.42. The van der Waals surface area contributed by atoms with Crippen molar-refractivity contribution in [2.45, 2.75) is 19.9 Å². The number of hydrogen-bond donors (Lipinski definition) is 1. The number of aromatic nitrogens is 2. The molecule has 134 valence electrons. The van der Waals surface area contributed by atoms with Gasteiger partial charge in [-0.15, -0.1) is 0 Å². The van der Waals surface area contributed by atoms with Crippen LogP contribution in [0.5, 0.6) is 0 Å². The van der Waals surface area contributed by atoms with Crippen LogP contribution in [0.15, 0.2) is 42.5 Å². The summed E-state index contributed by atoms with van der Waals surface area (Å²) >= 11 is 0. The first-order chi connectivity index (χ1) is 12.4. The van der Waals surface area contributed by atoms with E-state index >= 15 is 0 Å². The molecule has 0 aliphatic carbocycles. The van der Waals surface area contributed by atoms with Crippen LogP contribution in [0.25, 0.3) is 11.0 Å². The molecule has 8 heteroatoms. The van der Waals surface area contributed by atoms with E-state index in [9.17, 15) is 14.9 Å². The molecule has 0 saturated heterocycles. The Bertz CT molecular complexity index is 977. The monoisotopic (exact) mass is 354 g/mol. The molecule has 8 nitrogen and oxygen atoms in total. The Morgan fingerprint density at radius 1 is 1.23 bits per heavy atom. The van der Waals surface area contributed by atoms with E-state index in [1.54, 1.807) is 24.3 Å². The van der Waals surface area contributed by atoms with Crippen molar-refractivity contribution in [3.63, 3.8) is 0 Å². The fraction of sp³-hybridized carbons (Fsp3) is 0.222. The van der Waals surface area contributed by atoms with E-state index in [1.807, 2.05) is 24.5 Å². The number of nitro benzene ring substituents is 1. The van der Waals surface area contributed by atoms with E-state index in [0.29, 0.717) is 22.7 Å². The van der Waals surface area contributed by atoms with E-state index in [0.717, 1.165) is 5.52 Å². The number of esters is 1. The van der Waals surface area contributed by atoms with Crippen LogP contribution >= 0.6 is 0 Å². The number of carbonyl (C=O) groups excluding carboxylic acids is 1. The molecule has 0 bridgehead atoms. The number of fused-ring (bicyclic) bond motifs is 1. The van der Waals surface area contributed by atoms with Crippen molar-refractivity contribution in [2.24, 2.45) is 0 Å². The molecule has 0 unspecified atom stereocenters. The third kappa shape index (κ3) is 3.21. The van der Waals surface area contributed by atoms with Crippen molar-refractivity contribution >= 4 is 34.3 Å². The van der Waals surface area contributed by atoms with Crippen molar-refractivity contribution in [1.82, 2.24) is 9.55 Å². The number of carbonyl (C=O) groups is 1. The van der Waals surface area contributed by atoms with E-state index in [4.69, 9.17) is 4.74 Å². The predicted octanol–water partition coefficient (Wildman–Crippen LogP) is 4.06. The minimum atomic E-state index is -0.443. The molecule has 3 rings (SSSR count). The van der Waals surface area contributed by atoms with E-state index in [1.165, 1.54) is 19.2 Å². The average molecular weight is 354 g/mol. The molecular weight excluding hydrogens is 336 g/mol. The van der Waals surface area contributed by atoms with Crippen molar-refractivity contribution in [3.8, 4) is 0 Å². The number of rotatable bonds is 5. The maximum atomic E-state index is 11.7. The van der Waals surface area contributed by atoms with Gasteiger partial charge in [0, 0.05) is 23.9 Å². The smallest absolute Gasteiger partial charge is 0.337 e. The molecule has 0 saturated carbocycles. The number of nitrogens with one attached hydrogen (secondary N) is 1. The van der Waals surface area contributed by atoms with Gasteiger partial charge in [-0.1, -0.05) is 0 Å². The Balaban J connectivity index is 2.02. The summed E-state index contributed by atoms with van der Waals surface area (Å²) in [6, 6.07) is 11.4. The first kappa shape index (κ1) is 17.4. The Morgan fingerprint density at radius 3 is 2.50 bits per heavy atom. The number of anilines is 2. The summed E-state index contributed by atoms with van der Waals surface area (Å²) in [7, 11) is 1.33. The average Bonchev–Trinajstić information content (AvgIpc) is 2.98. The molecule has 0 amide bonds. The summed E-state index contributed by atoms with van der Waals surface area (Å²) in [6.45, 7) is 4.05. The van der Waals surface area contributed by atoms with Crippen LogP contribution in [0.1, 0.15) is 30.2 Å². The van der Waals surface area contributed by atoms with E-state index in [2.05, 4.69) is 10.3 Å². The summed E-state index contributed by atoms with van der Waals surface area (Å²) < 4.78 is 6.75. The minimum Gasteiger partial charge on any atom is -0.465 e. The van der Waals surface area contributed by atoms with Crippen LogP contribution in [0, 0.1) is 10.1 Å². The molecule has 1 aromatic heterocycles. The number of non-ortho nitro benzene ring substituents is 1. The summed E-state index contributed by atoms with van der Waals surface area (Å²) in [4.78, 5) is 26.6. The molecule has 3 aromatic rings. The third-order valence-electron chi connectivity index (χ3n) is 3.96. The Kier molecular flexibility index (Phi) is 4.57. The summed E-state index contributed by atoms with van der Waals surface area (Å²) in [5.41, 5.74) is 2.66. The second-order valence-electron chi connectivity index (χ2n) is 6.02. The molecular formula is C18H18N4O4. The lowest BCUT2D eigenvalue weighted by molar-refractivity contribution is -0.384. The lowest BCUT2D eigenvalue weighted by atomic mass is 10.2. The zero-order chi connectivity index (χ0) is 18.8. The number of hydrogen-bond acceptors (Lipinski definition) is 6. The topological polar surface area (TPSA) is 99.3 Å². The highest BCUT2D eigenvalue weighted by molar-refractivity contribution is 5.94. The standard InChI is InChI=1S/C18H18N4O4/c1-11(2)21-16-9-4-12(17(23)26-3)10-15(16)20-18(21)19-13-5-7-14(8-6-13)22(24)25/h4-11H,1-3H3,(H,19,20). The number of imidazole rings is 1. The summed E-state index contributed by atoms with van der Waals surface area (Å²) in [5, 5.41) is 14.0. The van der Waals surface area contributed by atoms with Crippen LogP contribution in [0.4, 0.5) is 17.3 Å². The van der Waals surface area contributed by atoms with Gasteiger partial charge in [0.05, 0.1) is 28.6 Å². The second kappa shape index (κ2) is 6.83.